The summed E-state index contributed by atoms with van der Waals surface area (Å²) in [6.07, 6.45) is 8.42. The molecule has 0 aromatic rings. The number of piperidine rings is 1. The minimum Gasteiger partial charge on any atom is -0.300 e. The number of hydrogen-bond donors (Lipinski definition) is 0. The molecule has 0 aromatic carbocycles. The van der Waals surface area contributed by atoms with E-state index in [1.54, 1.807) is 0 Å². The molecule has 1 saturated heterocycles. The first-order valence-corrected chi connectivity index (χ1v) is 6.52. The Hall–Kier alpha value is -0.0400. The third-order valence-electron chi connectivity index (χ3n) is 3.46. The molecule has 1 fully saturated rings. The highest BCUT2D eigenvalue weighted by Gasteiger charge is 2.24. The van der Waals surface area contributed by atoms with E-state index >= 15 is 0 Å². The summed E-state index contributed by atoms with van der Waals surface area (Å²) >= 11 is 0. The second-order valence-corrected chi connectivity index (χ2v) is 4.97. The van der Waals surface area contributed by atoms with Crippen LogP contribution in [0.15, 0.2) is 0 Å². The summed E-state index contributed by atoms with van der Waals surface area (Å²) in [6.45, 7) is 9.67. The molecular weight excluding hydrogens is 170 g/mol. The lowest BCUT2D eigenvalue weighted by Gasteiger charge is -2.38. The van der Waals surface area contributed by atoms with Crippen molar-refractivity contribution in [2.45, 2.75) is 65.3 Å². The van der Waals surface area contributed by atoms with Crippen molar-refractivity contribution >= 4 is 0 Å². The van der Waals surface area contributed by atoms with Gasteiger partial charge >= 0.3 is 0 Å². The summed E-state index contributed by atoms with van der Waals surface area (Å²) in [5, 5.41) is 0. The molecule has 0 aliphatic carbocycles. The molecule has 0 aromatic heterocycles. The van der Waals surface area contributed by atoms with Gasteiger partial charge < -0.3 is 4.90 Å². The van der Waals surface area contributed by atoms with Crippen molar-refractivity contribution in [3.63, 3.8) is 0 Å². The Bertz CT molecular complexity index is 142. The maximum atomic E-state index is 2.74. The monoisotopic (exact) mass is 197 g/mol. The number of hydrogen-bond acceptors (Lipinski definition) is 1. The van der Waals surface area contributed by atoms with Crippen molar-refractivity contribution in [3.8, 4) is 0 Å². The summed E-state index contributed by atoms with van der Waals surface area (Å²) < 4.78 is 0. The molecule has 0 N–H and O–H groups in total. The van der Waals surface area contributed by atoms with E-state index in [9.17, 15) is 0 Å². The van der Waals surface area contributed by atoms with Gasteiger partial charge in [-0.25, -0.2) is 0 Å². The van der Waals surface area contributed by atoms with Crippen LogP contribution in [0.1, 0.15) is 59.3 Å². The van der Waals surface area contributed by atoms with Gasteiger partial charge in [0.25, 0.3) is 0 Å². The fourth-order valence-electron chi connectivity index (χ4n) is 2.63. The molecular formula is C13H27N. The van der Waals surface area contributed by atoms with Crippen molar-refractivity contribution in [1.29, 1.82) is 0 Å². The molecule has 0 amide bonds. The van der Waals surface area contributed by atoms with Crippen molar-refractivity contribution in [1.82, 2.24) is 4.90 Å². The first-order chi connectivity index (χ1) is 6.77. The summed E-state index contributed by atoms with van der Waals surface area (Å²) in [6, 6.07) is 0.908. The molecule has 14 heavy (non-hydrogen) atoms. The Kier molecular flexibility index (Phi) is 5.54. The van der Waals surface area contributed by atoms with Crippen LogP contribution in [0.4, 0.5) is 0 Å². The highest BCUT2D eigenvalue weighted by Crippen LogP contribution is 2.24. The standard InChI is InChI=1S/C13H27N/c1-4-6-7-13-9-8-12(3)11-14(13)10-5-2/h12-13H,4-11H2,1-3H3. The Balaban J connectivity index is 2.36. The zero-order chi connectivity index (χ0) is 10.4. The van der Waals surface area contributed by atoms with Crippen LogP contribution in [0.2, 0.25) is 0 Å². The first kappa shape index (κ1) is 12.0. The van der Waals surface area contributed by atoms with E-state index in [1.165, 1.54) is 51.6 Å². The Morgan fingerprint density at radius 3 is 2.57 bits per heavy atom. The molecule has 1 aliphatic rings. The average Bonchev–Trinajstić information content (AvgIpc) is 2.17. The van der Waals surface area contributed by atoms with E-state index in [4.69, 9.17) is 0 Å². The van der Waals surface area contributed by atoms with Gasteiger partial charge in [0.1, 0.15) is 0 Å². The molecule has 1 nitrogen and oxygen atoms in total. The van der Waals surface area contributed by atoms with Crippen LogP contribution in [0.25, 0.3) is 0 Å². The molecule has 1 heterocycles. The summed E-state index contributed by atoms with van der Waals surface area (Å²) in [5.74, 6) is 0.930. The van der Waals surface area contributed by atoms with Crippen LogP contribution in [0, 0.1) is 5.92 Å². The third kappa shape index (κ3) is 3.61. The molecule has 0 bridgehead atoms. The van der Waals surface area contributed by atoms with E-state index in [-0.39, 0.29) is 0 Å². The minimum atomic E-state index is 0.908. The summed E-state index contributed by atoms with van der Waals surface area (Å²) in [4.78, 5) is 2.74. The molecule has 1 rings (SSSR count). The summed E-state index contributed by atoms with van der Waals surface area (Å²) in [5.41, 5.74) is 0. The highest BCUT2D eigenvalue weighted by atomic mass is 15.2. The van der Waals surface area contributed by atoms with Gasteiger partial charge in [0.15, 0.2) is 0 Å². The fraction of sp³-hybridized carbons (Fsp3) is 1.00. The highest BCUT2D eigenvalue weighted by molar-refractivity contribution is 4.79. The smallest absolute Gasteiger partial charge is 0.00954 e. The molecule has 1 aliphatic heterocycles. The second-order valence-electron chi connectivity index (χ2n) is 4.97. The topological polar surface area (TPSA) is 3.24 Å². The van der Waals surface area contributed by atoms with Crippen LogP contribution in [0.5, 0.6) is 0 Å². The SMILES string of the molecule is CCCCC1CCC(C)CN1CCC. The Morgan fingerprint density at radius 2 is 1.93 bits per heavy atom. The first-order valence-electron chi connectivity index (χ1n) is 6.52. The normalized spacial score (nSPS) is 29.4. The van der Waals surface area contributed by atoms with Crippen LogP contribution < -0.4 is 0 Å². The van der Waals surface area contributed by atoms with E-state index in [1.807, 2.05) is 0 Å². The maximum Gasteiger partial charge on any atom is 0.00954 e. The van der Waals surface area contributed by atoms with E-state index < -0.39 is 0 Å². The molecule has 2 atom stereocenters. The predicted octanol–water partition coefficient (Wildman–Crippen LogP) is 3.69. The van der Waals surface area contributed by atoms with E-state index in [0.29, 0.717) is 0 Å². The number of rotatable bonds is 5. The van der Waals surface area contributed by atoms with Crippen molar-refractivity contribution in [2.24, 2.45) is 5.92 Å². The third-order valence-corrected chi connectivity index (χ3v) is 3.46. The van der Waals surface area contributed by atoms with Crippen LogP contribution in [0.3, 0.4) is 0 Å². The van der Waals surface area contributed by atoms with E-state index in [2.05, 4.69) is 25.7 Å². The lowest BCUT2D eigenvalue weighted by molar-refractivity contribution is 0.106. The molecule has 0 saturated carbocycles. The van der Waals surface area contributed by atoms with Gasteiger partial charge in [-0.3, -0.25) is 0 Å². The van der Waals surface area contributed by atoms with Crippen LogP contribution in [-0.2, 0) is 0 Å². The van der Waals surface area contributed by atoms with Crippen molar-refractivity contribution in [3.05, 3.63) is 0 Å². The molecule has 1 heteroatoms. The Labute approximate surface area is 89.9 Å². The number of nitrogens with zero attached hydrogens (tertiary/aromatic N) is 1. The molecule has 2 unspecified atom stereocenters. The molecule has 84 valence electrons. The Morgan fingerprint density at radius 1 is 1.14 bits per heavy atom. The zero-order valence-electron chi connectivity index (χ0n) is 10.3. The number of likely N-dealkylation sites (tertiary alicyclic amines) is 1. The van der Waals surface area contributed by atoms with Gasteiger partial charge in [-0.15, -0.1) is 0 Å². The maximum absolute atomic E-state index is 2.74. The lowest BCUT2D eigenvalue weighted by Crippen LogP contribution is -2.43. The fourth-order valence-corrected chi connectivity index (χ4v) is 2.63. The predicted molar refractivity (Wildman–Crippen MR) is 63.6 cm³/mol. The van der Waals surface area contributed by atoms with Crippen molar-refractivity contribution < 1.29 is 0 Å². The quantitative estimate of drug-likeness (QED) is 0.650. The second kappa shape index (κ2) is 6.44. The molecule has 0 radical (unpaired) electrons. The van der Waals surface area contributed by atoms with E-state index in [0.717, 1.165) is 12.0 Å². The van der Waals surface area contributed by atoms with Gasteiger partial charge in [0, 0.05) is 12.6 Å². The number of unbranched alkanes of at least 4 members (excludes halogenated alkanes) is 1. The summed E-state index contributed by atoms with van der Waals surface area (Å²) in [7, 11) is 0. The zero-order valence-corrected chi connectivity index (χ0v) is 10.3. The van der Waals surface area contributed by atoms with Gasteiger partial charge in [-0.05, 0) is 38.1 Å². The van der Waals surface area contributed by atoms with Crippen LogP contribution >= 0.6 is 0 Å². The van der Waals surface area contributed by atoms with Crippen molar-refractivity contribution in [2.75, 3.05) is 13.1 Å². The molecule has 0 spiro atoms. The van der Waals surface area contributed by atoms with Gasteiger partial charge in [0.2, 0.25) is 0 Å². The average molecular weight is 197 g/mol. The van der Waals surface area contributed by atoms with Crippen LogP contribution in [-0.4, -0.2) is 24.0 Å². The van der Waals surface area contributed by atoms with Gasteiger partial charge in [-0.2, -0.15) is 0 Å². The van der Waals surface area contributed by atoms with Gasteiger partial charge in [0.05, 0.1) is 0 Å². The largest absolute Gasteiger partial charge is 0.300 e. The lowest BCUT2D eigenvalue weighted by atomic mass is 9.91. The minimum absolute atomic E-state index is 0.908. The van der Waals surface area contributed by atoms with Gasteiger partial charge in [-0.1, -0.05) is 33.6 Å².